The lowest BCUT2D eigenvalue weighted by Gasteiger charge is -2.04. The van der Waals surface area contributed by atoms with Crippen LogP contribution in [0.15, 0.2) is 18.2 Å². The second-order valence-corrected chi connectivity index (χ2v) is 2.37. The lowest BCUT2D eigenvalue weighted by Crippen LogP contribution is -2.01. The van der Waals surface area contributed by atoms with E-state index >= 15 is 0 Å². The molecule has 61 valence electrons. The van der Waals surface area contributed by atoms with Crippen molar-refractivity contribution >= 4 is 14.0 Å². The van der Waals surface area contributed by atoms with E-state index in [0.29, 0.717) is 19.0 Å². The second-order valence-electron chi connectivity index (χ2n) is 2.37. The van der Waals surface area contributed by atoms with Crippen LogP contribution in [0.1, 0.15) is 15.9 Å². The molecule has 0 unspecified atom stereocenters. The largest absolute Gasteiger partial charge is 0.569 e. The first-order valence-electron chi connectivity index (χ1n) is 3.46. The summed E-state index contributed by atoms with van der Waals surface area (Å²) in [5.41, 5.74) is 1.41. The lowest BCUT2D eigenvalue weighted by atomic mass is 10.1. The minimum atomic E-state index is 0.545. The van der Waals surface area contributed by atoms with Gasteiger partial charge in [0.1, 0.15) is 12.0 Å². The predicted octanol–water partition coefficient (Wildman–Crippen LogP) is 0.713. The van der Waals surface area contributed by atoms with Gasteiger partial charge in [-0.25, -0.2) is 0 Å². The first-order chi connectivity index (χ1) is 5.77. The van der Waals surface area contributed by atoms with E-state index in [1.165, 1.54) is 0 Å². The number of benzene rings is 1. The van der Waals surface area contributed by atoms with Crippen molar-refractivity contribution < 1.29 is 14.5 Å². The zero-order valence-electron chi connectivity index (χ0n) is 6.65. The molecule has 0 aliphatic carbocycles. The van der Waals surface area contributed by atoms with Gasteiger partial charge in [0.25, 0.3) is 0 Å². The highest BCUT2D eigenvalue weighted by Gasteiger charge is 2.00. The van der Waals surface area contributed by atoms with Crippen molar-refractivity contribution in [1.29, 1.82) is 0 Å². The molecule has 0 aliphatic heterocycles. The van der Waals surface area contributed by atoms with Crippen LogP contribution in [0.5, 0.6) is 5.75 Å². The predicted molar refractivity (Wildman–Crippen MR) is 45.2 cm³/mol. The van der Waals surface area contributed by atoms with Crippen LogP contribution in [0.2, 0.25) is 0 Å². The Balaban J connectivity index is 2.94. The molecule has 1 rings (SSSR count). The van der Waals surface area contributed by atoms with Crippen LogP contribution in [0.25, 0.3) is 0 Å². The normalized spacial score (nSPS) is 9.17. The SMILES string of the molecule is Cc1cc(C=O)ccc1O[B]O. The molecule has 1 aromatic rings. The fraction of sp³-hybridized carbons (Fsp3) is 0.125. The third-order valence-electron chi connectivity index (χ3n) is 1.51. The van der Waals surface area contributed by atoms with Crippen LogP contribution >= 0.6 is 0 Å². The number of carbonyl (C=O) groups is 1. The monoisotopic (exact) mass is 163 g/mol. The van der Waals surface area contributed by atoms with E-state index in [4.69, 9.17) is 9.68 Å². The molecule has 0 saturated heterocycles. The Morgan fingerprint density at radius 1 is 1.58 bits per heavy atom. The fourth-order valence-electron chi connectivity index (χ4n) is 0.935. The fourth-order valence-corrected chi connectivity index (χ4v) is 0.935. The Hall–Kier alpha value is -1.29. The smallest absolute Gasteiger partial charge is 0.537 e. The van der Waals surface area contributed by atoms with Crippen molar-refractivity contribution in [3.8, 4) is 5.75 Å². The number of aldehydes is 1. The topological polar surface area (TPSA) is 46.5 Å². The second kappa shape index (κ2) is 3.92. The van der Waals surface area contributed by atoms with E-state index in [-0.39, 0.29) is 0 Å². The molecule has 1 radical (unpaired) electrons. The number of hydrogen-bond acceptors (Lipinski definition) is 3. The van der Waals surface area contributed by atoms with E-state index in [1.54, 1.807) is 25.1 Å². The molecule has 0 spiro atoms. The highest BCUT2D eigenvalue weighted by molar-refractivity contribution is 6.17. The summed E-state index contributed by atoms with van der Waals surface area (Å²) in [5.74, 6) is 0.545. The number of hydrogen-bond donors (Lipinski definition) is 1. The van der Waals surface area contributed by atoms with Gasteiger partial charge in [0, 0.05) is 5.56 Å². The highest BCUT2D eigenvalue weighted by Crippen LogP contribution is 2.17. The Morgan fingerprint density at radius 3 is 2.83 bits per heavy atom. The maximum Gasteiger partial charge on any atom is 0.569 e. The van der Waals surface area contributed by atoms with E-state index in [1.807, 2.05) is 0 Å². The summed E-state index contributed by atoms with van der Waals surface area (Å²) in [6.45, 7) is 1.80. The molecule has 0 atom stereocenters. The zero-order valence-corrected chi connectivity index (χ0v) is 6.65. The standard InChI is InChI=1S/C8H8BO3/c1-6-4-7(5-10)2-3-8(6)12-9-11/h2-5,11H,1H3. The molecular formula is C8H8BO3. The van der Waals surface area contributed by atoms with Gasteiger partial charge in [-0.2, -0.15) is 0 Å². The molecule has 1 aromatic carbocycles. The van der Waals surface area contributed by atoms with Crippen LogP contribution in [-0.4, -0.2) is 19.0 Å². The zero-order chi connectivity index (χ0) is 8.97. The Bertz CT molecular complexity index is 286. The first-order valence-corrected chi connectivity index (χ1v) is 3.46. The van der Waals surface area contributed by atoms with Gasteiger partial charge in [-0.1, -0.05) is 0 Å². The van der Waals surface area contributed by atoms with Crippen molar-refractivity contribution in [3.63, 3.8) is 0 Å². The molecule has 4 heteroatoms. The summed E-state index contributed by atoms with van der Waals surface area (Å²) in [6, 6.07) is 4.94. The van der Waals surface area contributed by atoms with Crippen molar-refractivity contribution in [2.75, 3.05) is 0 Å². The van der Waals surface area contributed by atoms with Crippen LogP contribution in [0.4, 0.5) is 0 Å². The maximum absolute atomic E-state index is 10.3. The number of aryl methyl sites for hydroxylation is 1. The summed E-state index contributed by atoms with van der Waals surface area (Å²) in [4.78, 5) is 10.3. The molecule has 0 aromatic heterocycles. The van der Waals surface area contributed by atoms with Gasteiger partial charge in [0.15, 0.2) is 0 Å². The van der Waals surface area contributed by atoms with Crippen molar-refractivity contribution in [3.05, 3.63) is 29.3 Å². The molecule has 0 saturated carbocycles. The van der Waals surface area contributed by atoms with Gasteiger partial charge in [0.2, 0.25) is 0 Å². The third kappa shape index (κ3) is 1.86. The first kappa shape index (κ1) is 8.81. The summed E-state index contributed by atoms with van der Waals surface area (Å²) in [7, 11) is 0.614. The van der Waals surface area contributed by atoms with Gasteiger partial charge in [-0.3, -0.25) is 4.79 Å². The highest BCUT2D eigenvalue weighted by atomic mass is 16.5. The molecule has 0 fully saturated rings. The molecule has 1 N–H and O–H groups in total. The Labute approximate surface area is 71.3 Å². The van der Waals surface area contributed by atoms with E-state index in [2.05, 4.69) is 0 Å². The summed E-state index contributed by atoms with van der Waals surface area (Å²) >= 11 is 0. The molecule has 3 nitrogen and oxygen atoms in total. The lowest BCUT2D eigenvalue weighted by molar-refractivity contribution is 0.112. The van der Waals surface area contributed by atoms with Gasteiger partial charge < -0.3 is 9.68 Å². The number of rotatable bonds is 3. The van der Waals surface area contributed by atoms with Crippen molar-refractivity contribution in [1.82, 2.24) is 0 Å². The molecule has 12 heavy (non-hydrogen) atoms. The van der Waals surface area contributed by atoms with Gasteiger partial charge in [-0.15, -0.1) is 0 Å². The van der Waals surface area contributed by atoms with E-state index in [0.717, 1.165) is 11.8 Å². The van der Waals surface area contributed by atoms with Crippen LogP contribution < -0.4 is 4.65 Å². The van der Waals surface area contributed by atoms with E-state index in [9.17, 15) is 4.79 Å². The van der Waals surface area contributed by atoms with Gasteiger partial charge in [0.05, 0.1) is 0 Å². The van der Waals surface area contributed by atoms with Gasteiger partial charge in [-0.05, 0) is 30.7 Å². The minimum absolute atomic E-state index is 0.545. The molecule has 0 amide bonds. The molecule has 0 heterocycles. The number of carbonyl (C=O) groups excluding carboxylic acids is 1. The van der Waals surface area contributed by atoms with Crippen molar-refractivity contribution in [2.24, 2.45) is 0 Å². The molecular weight excluding hydrogens is 155 g/mol. The van der Waals surface area contributed by atoms with Crippen LogP contribution in [0, 0.1) is 6.92 Å². The molecule has 0 bridgehead atoms. The summed E-state index contributed by atoms with van der Waals surface area (Å²) in [5, 5.41) is 8.35. The average molecular weight is 163 g/mol. The third-order valence-corrected chi connectivity index (χ3v) is 1.51. The summed E-state index contributed by atoms with van der Waals surface area (Å²) in [6.07, 6.45) is 0.763. The van der Waals surface area contributed by atoms with Gasteiger partial charge >= 0.3 is 7.69 Å². The average Bonchev–Trinajstić information content (AvgIpc) is 2.09. The quantitative estimate of drug-likeness (QED) is 0.527. The van der Waals surface area contributed by atoms with E-state index < -0.39 is 0 Å². The Morgan fingerprint density at radius 2 is 2.33 bits per heavy atom. The maximum atomic E-state index is 10.3. The van der Waals surface area contributed by atoms with Crippen LogP contribution in [-0.2, 0) is 0 Å². The minimum Gasteiger partial charge on any atom is -0.537 e. The van der Waals surface area contributed by atoms with Crippen molar-refractivity contribution in [2.45, 2.75) is 6.92 Å². The summed E-state index contributed by atoms with van der Waals surface area (Å²) < 4.78 is 4.75. The van der Waals surface area contributed by atoms with Crippen LogP contribution in [0.3, 0.4) is 0 Å². The Kier molecular flexibility index (Phi) is 2.88. The molecule has 0 aliphatic rings.